The van der Waals surface area contributed by atoms with Crippen molar-refractivity contribution in [2.24, 2.45) is 92.7 Å². The number of carbonyl (C=O) groups excluding carboxylic acids is 6. The maximum Gasteiger partial charge on any atom is 0.438 e. The molecule has 14 nitrogen and oxygen atoms in total. The second-order valence-electron chi connectivity index (χ2n) is 31.7. The van der Waals surface area contributed by atoms with Crippen LogP contribution in [0.2, 0.25) is 0 Å². The van der Waals surface area contributed by atoms with Crippen molar-refractivity contribution < 1.29 is 48.3 Å². The molecule has 10 aliphatic rings. The molecule has 0 bridgehead atoms. The van der Waals surface area contributed by atoms with Crippen molar-refractivity contribution in [3.63, 3.8) is 0 Å². The van der Waals surface area contributed by atoms with Gasteiger partial charge in [0.25, 0.3) is 23.6 Å². The molecule has 6 saturated carbocycles. The average Bonchev–Trinajstić information content (AvgIpc) is 1.55. The molecule has 12 rings (SSSR count). The maximum absolute atomic E-state index is 14.0. The number of allylic oxidation sites excluding steroid dienone is 2. The van der Waals surface area contributed by atoms with Gasteiger partial charge in [0.05, 0.1) is 0 Å². The normalized spacial score (nSPS) is 35.3. The Bertz CT molecular complexity index is 2840. The minimum absolute atomic E-state index is 0.0828. The number of nitrogens with zero attached hydrogens (tertiary/aromatic N) is 2. The molecule has 16 atom stereocenters. The number of amides is 6. The van der Waals surface area contributed by atoms with Crippen molar-refractivity contribution in [3.05, 3.63) is 69.8 Å². The average molecular weight is 1210 g/mol. The molecule has 2 aromatic rings. The summed E-state index contributed by atoms with van der Waals surface area (Å²) in [6.07, 6.45) is 28.9. The number of carbonyl (C=O) groups is 6. The van der Waals surface area contributed by atoms with Crippen LogP contribution in [0.25, 0.3) is 10.8 Å². The van der Waals surface area contributed by atoms with Crippen molar-refractivity contribution in [3.8, 4) is 0 Å². The number of hydrogen-bond donors (Lipinski definition) is 2. The van der Waals surface area contributed by atoms with Gasteiger partial charge in [0.1, 0.15) is 12.2 Å². The molecule has 6 fully saturated rings. The third-order valence-electron chi connectivity index (χ3n) is 26.3. The molecule has 8 aliphatic carbocycles. The predicted molar refractivity (Wildman–Crippen MR) is 339 cm³/mol. The van der Waals surface area contributed by atoms with Gasteiger partial charge in [-0.1, -0.05) is 131 Å². The first-order chi connectivity index (χ1) is 42.0. The molecular weight excluding hydrogens is 1100 g/mol. The van der Waals surface area contributed by atoms with Crippen LogP contribution < -0.4 is 10.6 Å². The molecule has 6 amide bonds. The summed E-state index contributed by atoms with van der Waals surface area (Å²) in [5, 5.41) is 5.81. The van der Waals surface area contributed by atoms with Gasteiger partial charge in [-0.05, 0) is 220 Å². The van der Waals surface area contributed by atoms with E-state index in [2.05, 4.69) is 92.0 Å². The van der Waals surface area contributed by atoms with Crippen LogP contribution >= 0.6 is 0 Å². The fraction of sp³-hybridized carbons (Fsp3) is 0.730. The molecule has 14 heteroatoms. The molecule has 0 saturated heterocycles. The summed E-state index contributed by atoms with van der Waals surface area (Å²) in [5.74, 6) is 6.68. The zero-order valence-corrected chi connectivity index (χ0v) is 54.9. The quantitative estimate of drug-likeness (QED) is 0.0563. The summed E-state index contributed by atoms with van der Waals surface area (Å²) in [6.45, 7) is 24.2. The van der Waals surface area contributed by atoms with E-state index in [0.29, 0.717) is 22.7 Å². The summed E-state index contributed by atoms with van der Waals surface area (Å²) in [6, 6.07) is 6.02. The van der Waals surface area contributed by atoms with Gasteiger partial charge in [-0.15, -0.1) is 0 Å². The second kappa shape index (κ2) is 24.9. The topological polar surface area (TPSA) is 170 Å². The Morgan fingerprint density at radius 3 is 1.24 bits per heavy atom. The van der Waals surface area contributed by atoms with E-state index in [1.54, 1.807) is 0 Å². The molecule has 480 valence electrons. The molecule has 0 unspecified atom stereocenters. The zero-order chi connectivity index (χ0) is 62.2. The third kappa shape index (κ3) is 11.2. The van der Waals surface area contributed by atoms with Gasteiger partial charge in [-0.25, -0.2) is 9.59 Å². The van der Waals surface area contributed by atoms with E-state index in [4.69, 9.17) is 19.6 Å². The first-order valence-electron chi connectivity index (χ1n) is 35.0. The van der Waals surface area contributed by atoms with Crippen molar-refractivity contribution in [2.45, 2.75) is 223 Å². The lowest BCUT2D eigenvalue weighted by Gasteiger charge is -2.58. The van der Waals surface area contributed by atoms with E-state index < -0.39 is 35.8 Å². The van der Waals surface area contributed by atoms with Gasteiger partial charge in [0.15, 0.2) is 0 Å². The van der Waals surface area contributed by atoms with Gasteiger partial charge in [0.2, 0.25) is 0 Å². The van der Waals surface area contributed by atoms with Crippen molar-refractivity contribution >= 4 is 46.6 Å². The van der Waals surface area contributed by atoms with Crippen LogP contribution in [-0.4, -0.2) is 84.0 Å². The molecule has 2 N–H and O–H groups in total. The van der Waals surface area contributed by atoms with Crippen molar-refractivity contribution in [1.82, 2.24) is 20.4 Å². The number of benzene rings is 2. The lowest BCUT2D eigenvalue weighted by atomic mass is 9.47. The van der Waals surface area contributed by atoms with Gasteiger partial charge < -0.3 is 10.6 Å². The molecule has 88 heavy (non-hydrogen) atoms. The molecule has 2 heterocycles. The molecular formula is C74H104N4O10. The van der Waals surface area contributed by atoms with E-state index >= 15 is 0 Å². The van der Waals surface area contributed by atoms with Crippen LogP contribution in [0.4, 0.5) is 9.59 Å². The van der Waals surface area contributed by atoms with E-state index in [1.165, 1.54) is 125 Å². The number of imide groups is 2. The van der Waals surface area contributed by atoms with Gasteiger partial charge in [-0.2, -0.15) is 9.78 Å². The fourth-order valence-corrected chi connectivity index (χ4v) is 21.7. The summed E-state index contributed by atoms with van der Waals surface area (Å²) in [7, 11) is 0. The standard InChI is InChI=1S/C74H104N4O10/c1-43(2)13-11-15-45(5)57-25-27-59-51-19-17-47-41-49(29-33-71(47,7)61(51)31-35-73(57,59)9)85-87-69(83)75-37-39-77-65(79)53-21-23-55-64-56(24-22-54(63(53)64)66(77)80)68(82)78(67(55)81)40-38-76-70(84)88-86-50-30-34-72(8)48(42-50)18-20-52-60-28-26-58(46(6)16-12-14-44(3)4)74(60,10)36-32-62(52)72/h17-18,21-24,43-46,49-52,57-62H,11-16,19-20,25-42H2,1-10H3,(H,75,83)(H,76,84)/t45-,46-,49+,50+,51+,52+,57-,58-,59+,60+,61+,62+,71+,72+,73-,74-/m1/s1. The highest BCUT2D eigenvalue weighted by Crippen LogP contribution is 2.69. The summed E-state index contributed by atoms with van der Waals surface area (Å²) in [5.41, 5.74) is 4.69. The number of fused-ring (bicyclic) bond motifs is 10. The van der Waals surface area contributed by atoms with E-state index in [1.807, 2.05) is 0 Å². The summed E-state index contributed by atoms with van der Waals surface area (Å²) >= 11 is 0. The van der Waals surface area contributed by atoms with Gasteiger partial charge in [-0.3, -0.25) is 38.8 Å². The Balaban J connectivity index is 0.584. The van der Waals surface area contributed by atoms with E-state index in [9.17, 15) is 28.8 Å². The van der Waals surface area contributed by atoms with Crippen LogP contribution in [0.5, 0.6) is 0 Å². The Morgan fingerprint density at radius 1 is 0.500 bits per heavy atom. The molecule has 0 spiro atoms. The maximum atomic E-state index is 14.0. The monoisotopic (exact) mass is 1210 g/mol. The number of hydrogen-bond acceptors (Lipinski definition) is 10. The first-order valence-corrected chi connectivity index (χ1v) is 35.0. The third-order valence-corrected chi connectivity index (χ3v) is 26.3. The summed E-state index contributed by atoms with van der Waals surface area (Å²) < 4.78 is 0. The minimum atomic E-state index is -0.799. The minimum Gasteiger partial charge on any atom is -0.317 e. The Hall–Kier alpha value is -5.08. The Labute approximate surface area is 524 Å². The van der Waals surface area contributed by atoms with Crippen LogP contribution in [0, 0.1) is 92.7 Å². The Kier molecular flexibility index (Phi) is 17.8. The largest absolute Gasteiger partial charge is 0.438 e. The first kappa shape index (κ1) is 63.1. The lowest BCUT2D eigenvalue weighted by Crippen LogP contribution is -2.51. The number of rotatable bonds is 20. The van der Waals surface area contributed by atoms with Crippen molar-refractivity contribution in [1.29, 1.82) is 0 Å². The lowest BCUT2D eigenvalue weighted by molar-refractivity contribution is -0.278. The number of nitrogens with one attached hydrogen (secondary N) is 2. The highest BCUT2D eigenvalue weighted by atomic mass is 17.2. The highest BCUT2D eigenvalue weighted by Gasteiger charge is 2.61. The Morgan fingerprint density at radius 2 is 0.875 bits per heavy atom. The fourth-order valence-electron chi connectivity index (χ4n) is 21.7. The van der Waals surface area contributed by atoms with Crippen molar-refractivity contribution in [2.75, 3.05) is 26.2 Å². The molecule has 2 aliphatic heterocycles. The van der Waals surface area contributed by atoms with Crippen LogP contribution in [0.1, 0.15) is 252 Å². The molecule has 2 aromatic carbocycles. The summed E-state index contributed by atoms with van der Waals surface area (Å²) in [4.78, 5) is 107. The second-order valence-corrected chi connectivity index (χ2v) is 31.7. The van der Waals surface area contributed by atoms with Gasteiger partial charge in [0, 0.05) is 59.2 Å². The zero-order valence-electron chi connectivity index (χ0n) is 54.9. The van der Waals surface area contributed by atoms with Crippen LogP contribution in [-0.2, 0) is 19.6 Å². The van der Waals surface area contributed by atoms with E-state index in [-0.39, 0.29) is 82.2 Å². The van der Waals surface area contributed by atoms with Crippen LogP contribution in [0.3, 0.4) is 0 Å². The molecule has 0 aromatic heterocycles. The van der Waals surface area contributed by atoms with Crippen LogP contribution in [0.15, 0.2) is 47.6 Å². The predicted octanol–water partition coefficient (Wildman–Crippen LogP) is 16.2. The highest BCUT2D eigenvalue weighted by molar-refractivity contribution is 6.33. The SMILES string of the molecule is CC(C)CCC[C@@H](C)[C@H]1CC[C@H]2[C@@H]3CC=C4C[C@@H](OOC(=O)NCCN5C(=O)c6ccc7c8c(ccc(c68)C5=O)C(=O)N(CCNC(=O)OO[C@H]5CC[C@@]6(C)C(=CC[C@H]8[C@@H]9CC[C@H]([C@H](C)CCCC(C)C)[C@@]9(C)CC[C@@H]86)C5)C7=O)CC[C@]4(C)[C@H]3CC[C@]12C. The molecule has 0 radical (unpaired) electrons. The van der Waals surface area contributed by atoms with E-state index in [0.717, 1.165) is 120 Å². The van der Waals surface area contributed by atoms with Gasteiger partial charge >= 0.3 is 12.2 Å². The smallest absolute Gasteiger partial charge is 0.317 e.